The van der Waals surface area contributed by atoms with Gasteiger partial charge < -0.3 is 10.1 Å². The van der Waals surface area contributed by atoms with Gasteiger partial charge in [-0.05, 0) is 42.8 Å². The number of benzene rings is 3. The van der Waals surface area contributed by atoms with E-state index in [9.17, 15) is 13.2 Å². The molecule has 3 rings (SSSR count). The fraction of sp³-hybridized carbons (Fsp3) is 0.190. The van der Waals surface area contributed by atoms with Gasteiger partial charge in [-0.3, -0.25) is 4.79 Å². The number of halogens is 1. The molecule has 6 nitrogen and oxygen atoms in total. The summed E-state index contributed by atoms with van der Waals surface area (Å²) in [7, 11) is -0.956. The van der Waals surface area contributed by atoms with Gasteiger partial charge in [0.25, 0.3) is 0 Å². The Labute approximate surface area is 178 Å². The van der Waals surface area contributed by atoms with E-state index in [2.05, 4.69) is 21.2 Å². The van der Waals surface area contributed by atoms with Crippen LogP contribution in [0.5, 0.6) is 5.75 Å². The summed E-state index contributed by atoms with van der Waals surface area (Å²) >= 11 is 3.38. The number of nitrogens with zero attached hydrogens (tertiary/aromatic N) is 1. The van der Waals surface area contributed by atoms with Crippen molar-refractivity contribution in [3.05, 3.63) is 64.6 Å². The van der Waals surface area contributed by atoms with Crippen molar-refractivity contribution in [3.8, 4) is 5.75 Å². The van der Waals surface area contributed by atoms with Gasteiger partial charge in [0.2, 0.25) is 15.9 Å². The average Bonchev–Trinajstić information content (AvgIpc) is 2.69. The molecule has 0 radical (unpaired) electrons. The number of carbonyl (C=O) groups excluding carboxylic acids is 1. The summed E-state index contributed by atoms with van der Waals surface area (Å²) in [5, 5.41) is 4.00. The van der Waals surface area contributed by atoms with Crippen molar-refractivity contribution < 1.29 is 17.9 Å². The molecule has 3 aromatic carbocycles. The minimum absolute atomic E-state index is 0.129. The number of rotatable bonds is 6. The third-order valence-corrected chi connectivity index (χ3v) is 6.94. The summed E-state index contributed by atoms with van der Waals surface area (Å²) in [6.45, 7) is 1.56. The zero-order valence-corrected chi connectivity index (χ0v) is 18.7. The maximum absolute atomic E-state index is 13.1. The number of carbonyl (C=O) groups is 1. The van der Waals surface area contributed by atoms with Crippen molar-refractivity contribution in [3.63, 3.8) is 0 Å². The van der Waals surface area contributed by atoms with E-state index in [1.54, 1.807) is 30.3 Å². The third kappa shape index (κ3) is 4.44. The molecule has 0 aromatic heterocycles. The molecular weight excluding hydrogens is 456 g/mol. The smallest absolute Gasteiger partial charge is 0.243 e. The molecule has 0 aliphatic heterocycles. The van der Waals surface area contributed by atoms with Gasteiger partial charge in [-0.1, -0.05) is 40.2 Å². The summed E-state index contributed by atoms with van der Waals surface area (Å²) in [6, 6.07) is 15.7. The van der Waals surface area contributed by atoms with Crippen LogP contribution in [0.3, 0.4) is 0 Å². The third-order valence-electron chi connectivity index (χ3n) is 4.58. The van der Waals surface area contributed by atoms with Crippen LogP contribution < -0.4 is 10.1 Å². The topological polar surface area (TPSA) is 75.7 Å². The Morgan fingerprint density at radius 2 is 1.79 bits per heavy atom. The first-order valence-corrected chi connectivity index (χ1v) is 11.1. The van der Waals surface area contributed by atoms with Crippen molar-refractivity contribution in [2.45, 2.75) is 11.8 Å². The van der Waals surface area contributed by atoms with E-state index in [4.69, 9.17) is 4.74 Å². The van der Waals surface area contributed by atoms with Gasteiger partial charge in [-0.15, -0.1) is 0 Å². The van der Waals surface area contributed by atoms with Gasteiger partial charge >= 0.3 is 0 Å². The van der Waals surface area contributed by atoms with Crippen LogP contribution in [0, 0.1) is 6.92 Å². The Morgan fingerprint density at radius 3 is 2.45 bits per heavy atom. The second kappa shape index (κ2) is 8.52. The van der Waals surface area contributed by atoms with Crippen molar-refractivity contribution in [2.75, 3.05) is 26.0 Å². The first kappa shape index (κ1) is 21.3. The zero-order chi connectivity index (χ0) is 21.2. The van der Waals surface area contributed by atoms with Crippen LogP contribution in [0.15, 0.2) is 64.0 Å². The summed E-state index contributed by atoms with van der Waals surface area (Å²) in [4.78, 5) is 12.6. The monoisotopic (exact) mass is 476 g/mol. The number of nitrogens with one attached hydrogen (secondary N) is 1. The van der Waals surface area contributed by atoms with E-state index in [0.717, 1.165) is 14.3 Å². The molecule has 0 atom stereocenters. The van der Waals surface area contributed by atoms with Crippen LogP contribution in [-0.2, 0) is 14.8 Å². The van der Waals surface area contributed by atoms with Crippen LogP contribution in [0.25, 0.3) is 10.8 Å². The lowest BCUT2D eigenvalue weighted by molar-refractivity contribution is -0.116. The van der Waals surface area contributed by atoms with Crippen LogP contribution in [0.2, 0.25) is 0 Å². The molecule has 3 aromatic rings. The normalized spacial score (nSPS) is 11.6. The summed E-state index contributed by atoms with van der Waals surface area (Å²) < 4.78 is 33.6. The van der Waals surface area contributed by atoms with Crippen LogP contribution in [0.4, 0.5) is 5.69 Å². The minimum Gasteiger partial charge on any atom is -0.496 e. The number of aryl methyl sites for hydroxylation is 1. The number of likely N-dealkylation sites (N-methyl/N-ethyl adjacent to an activating group) is 1. The molecule has 1 N–H and O–H groups in total. The molecule has 0 aliphatic rings. The van der Waals surface area contributed by atoms with Gasteiger partial charge in [0.15, 0.2) is 0 Å². The minimum atomic E-state index is -3.89. The van der Waals surface area contributed by atoms with Crippen LogP contribution in [0.1, 0.15) is 5.56 Å². The maximum atomic E-state index is 13.1. The van der Waals surface area contributed by atoms with Gasteiger partial charge in [0.05, 0.1) is 18.6 Å². The quantitative estimate of drug-likeness (QED) is 0.578. The van der Waals surface area contributed by atoms with E-state index >= 15 is 0 Å². The number of hydrogen-bond acceptors (Lipinski definition) is 4. The lowest BCUT2D eigenvalue weighted by atomic mass is 10.1. The molecule has 0 aliphatic carbocycles. The second-order valence-corrected chi connectivity index (χ2v) is 9.51. The Morgan fingerprint density at radius 1 is 1.10 bits per heavy atom. The molecule has 29 heavy (non-hydrogen) atoms. The number of fused-ring (bicyclic) bond motifs is 1. The number of amides is 1. The molecule has 0 fully saturated rings. The SMILES string of the molecule is COc1ccc(S(=O)(=O)N(C)CC(=O)Nc2ccc(Br)cc2C)c2ccccc12. The first-order chi connectivity index (χ1) is 13.7. The van der Waals surface area contributed by atoms with Crippen LogP contribution in [-0.4, -0.2) is 39.3 Å². The molecular formula is C21H21BrN2O4S. The van der Waals surface area contributed by atoms with E-state index in [1.165, 1.54) is 20.2 Å². The molecule has 8 heteroatoms. The zero-order valence-electron chi connectivity index (χ0n) is 16.3. The highest BCUT2D eigenvalue weighted by Crippen LogP contribution is 2.32. The Bertz CT molecular complexity index is 1180. The maximum Gasteiger partial charge on any atom is 0.243 e. The largest absolute Gasteiger partial charge is 0.496 e. The van der Waals surface area contributed by atoms with Crippen molar-refractivity contribution in [1.82, 2.24) is 4.31 Å². The fourth-order valence-corrected chi connectivity index (χ4v) is 4.85. The summed E-state index contributed by atoms with van der Waals surface area (Å²) in [6.07, 6.45) is 0. The molecule has 0 saturated heterocycles. The molecule has 0 heterocycles. The van der Waals surface area contributed by atoms with Gasteiger partial charge in [-0.2, -0.15) is 4.31 Å². The highest BCUT2D eigenvalue weighted by Gasteiger charge is 2.26. The first-order valence-electron chi connectivity index (χ1n) is 8.82. The summed E-state index contributed by atoms with van der Waals surface area (Å²) in [5.74, 6) is 0.171. The Hall–Kier alpha value is -2.42. The second-order valence-electron chi connectivity index (χ2n) is 6.58. The lowest BCUT2D eigenvalue weighted by Gasteiger charge is -2.19. The highest BCUT2D eigenvalue weighted by atomic mass is 79.9. The highest BCUT2D eigenvalue weighted by molar-refractivity contribution is 9.10. The Kier molecular flexibility index (Phi) is 6.26. The molecule has 152 valence electrons. The van der Waals surface area contributed by atoms with Crippen molar-refractivity contribution in [2.24, 2.45) is 0 Å². The van der Waals surface area contributed by atoms with Gasteiger partial charge in [-0.25, -0.2) is 8.42 Å². The predicted molar refractivity (Wildman–Crippen MR) is 118 cm³/mol. The van der Waals surface area contributed by atoms with E-state index in [-0.39, 0.29) is 11.4 Å². The number of hydrogen-bond donors (Lipinski definition) is 1. The molecule has 0 bridgehead atoms. The Balaban J connectivity index is 1.86. The number of ether oxygens (including phenoxy) is 1. The average molecular weight is 477 g/mol. The summed E-state index contributed by atoms with van der Waals surface area (Å²) in [5.41, 5.74) is 1.51. The van der Waals surface area contributed by atoms with Gasteiger partial charge in [0.1, 0.15) is 5.75 Å². The predicted octanol–water partition coefficient (Wildman–Crippen LogP) is 4.18. The molecule has 0 saturated carbocycles. The van der Waals surface area contributed by atoms with E-state index in [0.29, 0.717) is 22.2 Å². The number of sulfonamides is 1. The van der Waals surface area contributed by atoms with Crippen molar-refractivity contribution in [1.29, 1.82) is 0 Å². The molecule has 0 spiro atoms. The molecule has 0 unspecified atom stereocenters. The number of anilines is 1. The van der Waals surface area contributed by atoms with E-state index in [1.807, 2.05) is 25.1 Å². The standard InChI is InChI=1S/C21H21BrN2O4S/c1-14-12-15(22)8-9-18(14)23-21(25)13-24(2)29(26,27)20-11-10-19(28-3)16-6-4-5-7-17(16)20/h4-12H,13H2,1-3H3,(H,23,25). The van der Waals surface area contributed by atoms with Crippen molar-refractivity contribution >= 4 is 48.3 Å². The van der Waals surface area contributed by atoms with E-state index < -0.39 is 15.9 Å². The fourth-order valence-electron chi connectivity index (χ4n) is 3.06. The van der Waals surface area contributed by atoms with Gasteiger partial charge in [0, 0.05) is 28.0 Å². The lowest BCUT2D eigenvalue weighted by Crippen LogP contribution is -2.35. The van der Waals surface area contributed by atoms with Crippen LogP contribution >= 0.6 is 15.9 Å². The molecule has 1 amide bonds. The number of methoxy groups -OCH3 is 1.